The van der Waals surface area contributed by atoms with Gasteiger partial charge in [0.15, 0.2) is 0 Å². The van der Waals surface area contributed by atoms with Crippen molar-refractivity contribution in [1.82, 2.24) is 4.98 Å². The third kappa shape index (κ3) is 1.57. The van der Waals surface area contributed by atoms with Crippen molar-refractivity contribution in [3.63, 3.8) is 0 Å². The predicted octanol–water partition coefficient (Wildman–Crippen LogP) is 2.59. The van der Waals surface area contributed by atoms with Crippen molar-refractivity contribution in [2.75, 3.05) is 0 Å². The predicted molar refractivity (Wildman–Crippen MR) is 51.3 cm³/mol. The Morgan fingerprint density at radius 2 is 2.00 bits per heavy atom. The maximum Gasteiger partial charge on any atom is 0.127 e. The van der Waals surface area contributed by atoms with Crippen LogP contribution in [0.25, 0.3) is 11.3 Å². The van der Waals surface area contributed by atoms with Crippen LogP contribution >= 0.6 is 0 Å². The molecule has 1 aromatic carbocycles. The second-order valence-electron chi connectivity index (χ2n) is 2.88. The number of hydrogen-bond acceptors (Lipinski definition) is 2. The minimum Gasteiger partial charge on any atom is -0.507 e. The molecule has 1 N–H and O–H groups in total. The smallest absolute Gasteiger partial charge is 0.127 e. The summed E-state index contributed by atoms with van der Waals surface area (Å²) in [5.74, 6) is -0.550. The van der Waals surface area contributed by atoms with E-state index in [1.54, 1.807) is 18.3 Å². The van der Waals surface area contributed by atoms with E-state index in [0.717, 1.165) is 6.07 Å². The zero-order valence-electron chi connectivity index (χ0n) is 7.31. The van der Waals surface area contributed by atoms with Crippen LogP contribution in [0.3, 0.4) is 0 Å². The van der Waals surface area contributed by atoms with Gasteiger partial charge in [-0.3, -0.25) is 4.98 Å². The molecule has 0 radical (unpaired) electrons. The first-order valence-corrected chi connectivity index (χ1v) is 4.17. The van der Waals surface area contributed by atoms with Crippen molar-refractivity contribution in [2.45, 2.75) is 0 Å². The minimum atomic E-state index is -0.456. The van der Waals surface area contributed by atoms with Gasteiger partial charge in [-0.05, 0) is 24.3 Å². The molecule has 1 aromatic heterocycles. The van der Waals surface area contributed by atoms with Gasteiger partial charge in [0, 0.05) is 17.8 Å². The van der Waals surface area contributed by atoms with E-state index >= 15 is 0 Å². The van der Waals surface area contributed by atoms with Crippen molar-refractivity contribution in [3.8, 4) is 17.0 Å². The summed E-state index contributed by atoms with van der Waals surface area (Å²) in [7, 11) is 0. The maximum atomic E-state index is 12.7. The van der Waals surface area contributed by atoms with Crippen LogP contribution in [0, 0.1) is 5.82 Å². The number of aromatic hydroxyl groups is 1. The average Bonchev–Trinajstić information content (AvgIpc) is 2.19. The second-order valence-corrected chi connectivity index (χ2v) is 2.88. The van der Waals surface area contributed by atoms with E-state index in [0.29, 0.717) is 11.3 Å². The van der Waals surface area contributed by atoms with E-state index in [9.17, 15) is 9.50 Å². The van der Waals surface area contributed by atoms with Crippen molar-refractivity contribution >= 4 is 0 Å². The minimum absolute atomic E-state index is 0.0938. The second kappa shape index (κ2) is 3.46. The highest BCUT2D eigenvalue weighted by molar-refractivity contribution is 5.66. The number of hydrogen-bond donors (Lipinski definition) is 1. The molecule has 2 nitrogen and oxygen atoms in total. The van der Waals surface area contributed by atoms with E-state index in [1.165, 1.54) is 12.1 Å². The van der Waals surface area contributed by atoms with Gasteiger partial charge in [-0.15, -0.1) is 0 Å². The van der Waals surface area contributed by atoms with Crippen molar-refractivity contribution in [2.24, 2.45) is 0 Å². The van der Waals surface area contributed by atoms with Crippen LogP contribution in [0.1, 0.15) is 0 Å². The molecule has 2 aromatic rings. The van der Waals surface area contributed by atoms with Crippen LogP contribution in [-0.4, -0.2) is 10.1 Å². The zero-order chi connectivity index (χ0) is 9.97. The third-order valence-electron chi connectivity index (χ3n) is 1.90. The Labute approximate surface area is 80.7 Å². The van der Waals surface area contributed by atoms with E-state index in [1.807, 2.05) is 6.07 Å². The molecule has 0 bridgehead atoms. The molecule has 0 aliphatic rings. The van der Waals surface area contributed by atoms with Crippen LogP contribution in [0.15, 0.2) is 42.6 Å². The van der Waals surface area contributed by atoms with Gasteiger partial charge in [0.05, 0.1) is 5.69 Å². The lowest BCUT2D eigenvalue weighted by Crippen LogP contribution is -1.83. The molecule has 0 fully saturated rings. The number of pyridine rings is 1. The summed E-state index contributed by atoms with van der Waals surface area (Å²) in [6.45, 7) is 0. The van der Waals surface area contributed by atoms with Gasteiger partial charge in [-0.1, -0.05) is 6.07 Å². The fourth-order valence-electron chi connectivity index (χ4n) is 1.24. The SMILES string of the molecule is Oc1cc(F)ccc1-c1ccccn1. The number of aromatic nitrogens is 1. The van der Waals surface area contributed by atoms with Gasteiger partial charge in [-0.2, -0.15) is 0 Å². The van der Waals surface area contributed by atoms with Gasteiger partial charge in [0.2, 0.25) is 0 Å². The molecule has 70 valence electrons. The standard InChI is InChI=1S/C11H8FNO/c12-8-4-5-9(11(14)7-8)10-3-1-2-6-13-10/h1-7,14H. The van der Waals surface area contributed by atoms with Gasteiger partial charge >= 0.3 is 0 Å². The lowest BCUT2D eigenvalue weighted by molar-refractivity contribution is 0.471. The largest absolute Gasteiger partial charge is 0.507 e. The Kier molecular flexibility index (Phi) is 2.14. The number of rotatable bonds is 1. The van der Waals surface area contributed by atoms with Gasteiger partial charge in [-0.25, -0.2) is 4.39 Å². The number of phenolic OH excluding ortho intramolecular Hbond substituents is 1. The van der Waals surface area contributed by atoms with E-state index in [4.69, 9.17) is 0 Å². The molecule has 0 saturated heterocycles. The molecule has 0 saturated carbocycles. The Morgan fingerprint density at radius 3 is 2.64 bits per heavy atom. The molecule has 1 heterocycles. The van der Waals surface area contributed by atoms with Gasteiger partial charge in [0.1, 0.15) is 11.6 Å². The Hall–Kier alpha value is -1.90. The van der Waals surface area contributed by atoms with Crippen LogP contribution in [0.4, 0.5) is 4.39 Å². The van der Waals surface area contributed by atoms with Crippen LogP contribution < -0.4 is 0 Å². The Balaban J connectivity index is 2.53. The maximum absolute atomic E-state index is 12.7. The van der Waals surface area contributed by atoms with E-state index < -0.39 is 5.82 Å². The molecular weight excluding hydrogens is 181 g/mol. The van der Waals surface area contributed by atoms with Crippen LogP contribution in [0.2, 0.25) is 0 Å². The summed E-state index contributed by atoms with van der Waals surface area (Å²) in [6.07, 6.45) is 1.62. The summed E-state index contributed by atoms with van der Waals surface area (Å²) in [5.41, 5.74) is 1.16. The fourth-order valence-corrected chi connectivity index (χ4v) is 1.24. The van der Waals surface area contributed by atoms with Crippen molar-refractivity contribution in [1.29, 1.82) is 0 Å². The van der Waals surface area contributed by atoms with E-state index in [2.05, 4.69) is 4.98 Å². The number of nitrogens with zero attached hydrogens (tertiary/aromatic N) is 1. The van der Waals surface area contributed by atoms with Crippen molar-refractivity contribution in [3.05, 3.63) is 48.4 Å². The molecule has 14 heavy (non-hydrogen) atoms. The highest BCUT2D eigenvalue weighted by Crippen LogP contribution is 2.27. The van der Waals surface area contributed by atoms with Crippen LogP contribution in [0.5, 0.6) is 5.75 Å². The summed E-state index contributed by atoms with van der Waals surface area (Å²) >= 11 is 0. The average molecular weight is 189 g/mol. The number of phenols is 1. The molecule has 0 aliphatic heterocycles. The zero-order valence-corrected chi connectivity index (χ0v) is 7.31. The summed E-state index contributed by atoms with van der Waals surface area (Å²) in [5, 5.41) is 9.46. The van der Waals surface area contributed by atoms with Gasteiger partial charge < -0.3 is 5.11 Å². The highest BCUT2D eigenvalue weighted by atomic mass is 19.1. The Bertz CT molecular complexity index is 442. The lowest BCUT2D eigenvalue weighted by atomic mass is 10.1. The molecule has 3 heteroatoms. The summed E-state index contributed by atoms with van der Waals surface area (Å²) in [4.78, 5) is 4.06. The molecule has 0 spiro atoms. The lowest BCUT2D eigenvalue weighted by Gasteiger charge is -2.02. The topological polar surface area (TPSA) is 33.1 Å². The monoisotopic (exact) mass is 189 g/mol. The molecular formula is C11H8FNO. The van der Waals surface area contributed by atoms with E-state index in [-0.39, 0.29) is 5.75 Å². The summed E-state index contributed by atoms with van der Waals surface area (Å²) < 4.78 is 12.7. The first kappa shape index (κ1) is 8.69. The fraction of sp³-hybridized carbons (Fsp3) is 0. The molecule has 2 rings (SSSR count). The first-order valence-electron chi connectivity index (χ1n) is 4.17. The third-order valence-corrected chi connectivity index (χ3v) is 1.90. The molecule has 0 unspecified atom stereocenters. The molecule has 0 aliphatic carbocycles. The molecule has 0 atom stereocenters. The number of benzene rings is 1. The quantitative estimate of drug-likeness (QED) is 0.747. The molecule has 0 amide bonds. The van der Waals surface area contributed by atoms with Crippen molar-refractivity contribution < 1.29 is 9.50 Å². The van der Waals surface area contributed by atoms with Gasteiger partial charge in [0.25, 0.3) is 0 Å². The highest BCUT2D eigenvalue weighted by Gasteiger charge is 2.05. The first-order chi connectivity index (χ1) is 6.77. The summed E-state index contributed by atoms with van der Waals surface area (Å²) in [6, 6.07) is 9.23. The van der Waals surface area contributed by atoms with Crippen LogP contribution in [-0.2, 0) is 0 Å². The normalized spacial score (nSPS) is 10.1. The Morgan fingerprint density at radius 1 is 1.14 bits per heavy atom. The number of halogens is 1.